The van der Waals surface area contributed by atoms with Gasteiger partial charge >= 0.3 is 0 Å². The number of rotatable bonds is 7. The van der Waals surface area contributed by atoms with Crippen molar-refractivity contribution < 1.29 is 19.0 Å². The minimum absolute atomic E-state index is 0.0385. The number of ether oxygens (including phenoxy) is 1. The van der Waals surface area contributed by atoms with E-state index in [4.69, 9.17) is 33.7 Å². The quantitative estimate of drug-likeness (QED) is 0.429. The Morgan fingerprint density at radius 3 is 2.54 bits per heavy atom. The van der Waals surface area contributed by atoms with Crippen molar-refractivity contribution in [3.8, 4) is 22.6 Å². The van der Waals surface area contributed by atoms with Crippen LogP contribution in [0.2, 0.25) is 10.0 Å². The topological polar surface area (TPSA) is 88.2 Å². The van der Waals surface area contributed by atoms with Crippen LogP contribution in [0.4, 0.5) is 4.39 Å². The Kier molecular flexibility index (Phi) is 6.92. The zero-order chi connectivity index (χ0) is 25.3. The van der Waals surface area contributed by atoms with Gasteiger partial charge in [-0.2, -0.15) is 0 Å². The van der Waals surface area contributed by atoms with Crippen LogP contribution in [0.15, 0.2) is 65.7 Å². The summed E-state index contributed by atoms with van der Waals surface area (Å²) >= 11 is 12.1. The number of likely N-dealkylation sites (N-methyl/N-ethyl adjacent to an activating group) is 1. The highest BCUT2D eigenvalue weighted by molar-refractivity contribution is 6.31. The van der Waals surface area contributed by atoms with Crippen molar-refractivity contribution in [2.45, 2.75) is 18.9 Å². The van der Waals surface area contributed by atoms with Gasteiger partial charge in [0.25, 0.3) is 5.91 Å². The number of halogens is 3. The molecule has 0 saturated heterocycles. The Labute approximate surface area is 212 Å². The van der Waals surface area contributed by atoms with E-state index in [1.807, 2.05) is 6.92 Å². The molecule has 3 N–H and O–H groups in total. The van der Waals surface area contributed by atoms with Gasteiger partial charge in [0.2, 0.25) is 0 Å². The Balaban J connectivity index is 1.71. The number of phenolic OH excluding ortho intramolecular Hbond substituents is 1. The van der Waals surface area contributed by atoms with Crippen LogP contribution in [0.25, 0.3) is 11.1 Å². The smallest absolute Gasteiger partial charge is 0.261 e. The Morgan fingerprint density at radius 2 is 1.89 bits per heavy atom. The second-order valence-corrected chi connectivity index (χ2v) is 9.54. The van der Waals surface area contributed by atoms with E-state index in [0.29, 0.717) is 21.9 Å². The standard InChI is InChI=1S/C26H24Cl2FN3O3/c1-15(14-35-21-5-3-4-18(27)12-21)13-26(24(34)32(2)25(30)31-26)22-10-16(6-7-23(22)33)17-8-19(28)11-20(29)9-17/h3-12,15,33H,13-14H2,1-2H3,(H2,30,31)/t15-,26?/m1/s1. The molecule has 2 atom stereocenters. The molecule has 1 unspecified atom stereocenters. The molecule has 0 saturated carbocycles. The van der Waals surface area contributed by atoms with Gasteiger partial charge in [-0.15, -0.1) is 0 Å². The summed E-state index contributed by atoms with van der Waals surface area (Å²) in [5.41, 5.74) is 5.89. The number of aromatic hydroxyl groups is 1. The predicted molar refractivity (Wildman–Crippen MR) is 135 cm³/mol. The summed E-state index contributed by atoms with van der Waals surface area (Å²) in [6.45, 7) is 2.19. The molecule has 0 radical (unpaired) electrons. The predicted octanol–water partition coefficient (Wildman–Crippen LogP) is 5.59. The molecule has 1 heterocycles. The number of aliphatic imine (C=N–C) groups is 1. The summed E-state index contributed by atoms with van der Waals surface area (Å²) in [6.07, 6.45) is 0.207. The average molecular weight is 516 g/mol. The summed E-state index contributed by atoms with van der Waals surface area (Å²) in [5, 5.41) is 11.6. The van der Waals surface area contributed by atoms with Gasteiger partial charge in [0, 0.05) is 22.7 Å². The lowest BCUT2D eigenvalue weighted by atomic mass is 9.80. The van der Waals surface area contributed by atoms with E-state index < -0.39 is 11.4 Å². The fourth-order valence-corrected chi connectivity index (χ4v) is 4.65. The molecule has 3 aromatic rings. The van der Waals surface area contributed by atoms with Crippen molar-refractivity contribution in [2.75, 3.05) is 13.7 Å². The molecule has 0 aromatic heterocycles. The lowest BCUT2D eigenvalue weighted by Crippen LogP contribution is -2.41. The zero-order valence-electron chi connectivity index (χ0n) is 19.1. The number of nitrogens with two attached hydrogens (primary N) is 1. The maximum absolute atomic E-state index is 14.0. The van der Waals surface area contributed by atoms with Crippen LogP contribution < -0.4 is 10.5 Å². The van der Waals surface area contributed by atoms with Crippen LogP contribution in [-0.4, -0.2) is 35.5 Å². The number of nitrogens with zero attached hydrogens (tertiary/aromatic N) is 2. The molecule has 1 aliphatic heterocycles. The van der Waals surface area contributed by atoms with Gasteiger partial charge in [0.15, 0.2) is 11.5 Å². The summed E-state index contributed by atoms with van der Waals surface area (Å²) in [6, 6.07) is 15.9. The first-order valence-electron chi connectivity index (χ1n) is 10.9. The summed E-state index contributed by atoms with van der Waals surface area (Å²) < 4.78 is 19.9. The number of phenols is 1. The van der Waals surface area contributed by atoms with Crippen molar-refractivity contribution in [3.63, 3.8) is 0 Å². The molecular weight excluding hydrogens is 492 g/mol. The SMILES string of the molecule is C[C@@H](COc1cccc(Cl)c1)CC1(c2cc(-c3cc(F)cc(Cl)c3)ccc2O)N=C(N)N(C)C1=O. The highest BCUT2D eigenvalue weighted by Crippen LogP contribution is 2.44. The number of amides is 1. The fraction of sp³-hybridized carbons (Fsp3) is 0.231. The first-order valence-corrected chi connectivity index (χ1v) is 11.7. The van der Waals surface area contributed by atoms with Crippen molar-refractivity contribution >= 4 is 35.1 Å². The minimum Gasteiger partial charge on any atom is -0.508 e. The number of benzene rings is 3. The van der Waals surface area contributed by atoms with Gasteiger partial charge in [0.1, 0.15) is 17.3 Å². The van der Waals surface area contributed by atoms with E-state index in [1.165, 1.54) is 30.1 Å². The van der Waals surface area contributed by atoms with Gasteiger partial charge in [0.05, 0.1) is 6.61 Å². The largest absolute Gasteiger partial charge is 0.508 e. The van der Waals surface area contributed by atoms with Crippen molar-refractivity contribution in [3.05, 3.63) is 82.1 Å². The lowest BCUT2D eigenvalue weighted by molar-refractivity contribution is -0.131. The van der Waals surface area contributed by atoms with Crippen LogP contribution in [-0.2, 0) is 10.3 Å². The van der Waals surface area contributed by atoms with E-state index in [9.17, 15) is 14.3 Å². The van der Waals surface area contributed by atoms with Crippen LogP contribution in [0.5, 0.6) is 11.5 Å². The average Bonchev–Trinajstić information content (AvgIpc) is 3.01. The third-order valence-electron chi connectivity index (χ3n) is 5.92. The molecule has 9 heteroatoms. The molecule has 1 amide bonds. The summed E-state index contributed by atoms with van der Waals surface area (Å²) in [4.78, 5) is 19.3. The van der Waals surface area contributed by atoms with Crippen molar-refractivity contribution in [1.82, 2.24) is 4.90 Å². The van der Waals surface area contributed by atoms with E-state index in [2.05, 4.69) is 4.99 Å². The zero-order valence-corrected chi connectivity index (χ0v) is 20.6. The van der Waals surface area contributed by atoms with E-state index in [1.54, 1.807) is 42.5 Å². The Hall–Kier alpha value is -3.29. The van der Waals surface area contributed by atoms with Gasteiger partial charge in [-0.1, -0.05) is 42.3 Å². The third kappa shape index (κ3) is 5.06. The highest BCUT2D eigenvalue weighted by Gasteiger charge is 2.50. The molecule has 182 valence electrons. The summed E-state index contributed by atoms with van der Waals surface area (Å²) in [7, 11) is 1.53. The van der Waals surface area contributed by atoms with E-state index >= 15 is 0 Å². The van der Waals surface area contributed by atoms with Gasteiger partial charge in [-0.3, -0.25) is 9.69 Å². The van der Waals surface area contributed by atoms with Crippen LogP contribution in [0.1, 0.15) is 18.9 Å². The molecule has 0 spiro atoms. The number of hydrogen-bond acceptors (Lipinski definition) is 5. The van der Waals surface area contributed by atoms with Crippen LogP contribution >= 0.6 is 23.2 Å². The number of hydrogen-bond donors (Lipinski definition) is 2. The van der Waals surface area contributed by atoms with Crippen molar-refractivity contribution in [1.29, 1.82) is 0 Å². The van der Waals surface area contributed by atoms with Gasteiger partial charge < -0.3 is 15.6 Å². The molecular formula is C26H24Cl2FN3O3. The number of carbonyl (C=O) groups excluding carboxylic acids is 1. The second kappa shape index (κ2) is 9.76. The molecule has 3 aromatic carbocycles. The van der Waals surface area contributed by atoms with Gasteiger partial charge in [-0.05, 0) is 72.0 Å². The number of guanidine groups is 1. The van der Waals surface area contributed by atoms with Crippen LogP contribution in [0.3, 0.4) is 0 Å². The molecule has 0 bridgehead atoms. The van der Waals surface area contributed by atoms with E-state index in [0.717, 1.165) is 0 Å². The lowest BCUT2D eigenvalue weighted by Gasteiger charge is -2.29. The van der Waals surface area contributed by atoms with E-state index in [-0.39, 0.29) is 47.1 Å². The first-order chi connectivity index (χ1) is 16.6. The maximum Gasteiger partial charge on any atom is 0.261 e. The molecule has 0 aliphatic carbocycles. The molecule has 6 nitrogen and oxygen atoms in total. The normalized spacial score (nSPS) is 18.5. The monoisotopic (exact) mass is 515 g/mol. The van der Waals surface area contributed by atoms with Gasteiger partial charge in [-0.25, -0.2) is 9.38 Å². The maximum atomic E-state index is 14.0. The fourth-order valence-electron chi connectivity index (χ4n) is 4.24. The molecule has 4 rings (SSSR count). The second-order valence-electron chi connectivity index (χ2n) is 8.66. The highest BCUT2D eigenvalue weighted by atomic mass is 35.5. The van der Waals surface area contributed by atoms with Crippen LogP contribution in [0, 0.1) is 11.7 Å². The Morgan fingerprint density at radius 1 is 1.11 bits per heavy atom. The number of carbonyl (C=O) groups is 1. The molecule has 35 heavy (non-hydrogen) atoms. The Bertz CT molecular complexity index is 1300. The van der Waals surface area contributed by atoms with Crippen molar-refractivity contribution in [2.24, 2.45) is 16.6 Å². The molecule has 0 fully saturated rings. The first kappa shape index (κ1) is 24.8. The molecule has 1 aliphatic rings. The third-order valence-corrected chi connectivity index (χ3v) is 6.37. The summed E-state index contributed by atoms with van der Waals surface area (Å²) in [5.74, 6) is -0.537. The minimum atomic E-state index is -1.48.